The van der Waals surface area contributed by atoms with Crippen LogP contribution in [-0.4, -0.2) is 33.2 Å². The van der Waals surface area contributed by atoms with Crippen LogP contribution in [0.5, 0.6) is 5.75 Å². The number of carbonyl (C=O) groups is 1. The number of benzene rings is 2. The largest absolute Gasteiger partial charge is 0.478 e. The van der Waals surface area contributed by atoms with E-state index >= 15 is 0 Å². The molecule has 1 heterocycles. The van der Waals surface area contributed by atoms with Gasteiger partial charge in [-0.3, -0.25) is 9.10 Å². The summed E-state index contributed by atoms with van der Waals surface area (Å²) in [6.45, 7) is 0.108. The summed E-state index contributed by atoms with van der Waals surface area (Å²) in [4.78, 5) is 12.5. The first kappa shape index (κ1) is 17.2. The number of para-hydroxylation sites is 2. The second-order valence-corrected chi connectivity index (χ2v) is 7.60. The maximum atomic E-state index is 13.2. The molecule has 0 aromatic heterocycles. The summed E-state index contributed by atoms with van der Waals surface area (Å²) in [5, 5.41) is 2.59. The highest BCUT2D eigenvalue weighted by Gasteiger charge is 2.31. The Kier molecular flexibility index (Phi) is 4.63. The van der Waals surface area contributed by atoms with E-state index in [1.54, 1.807) is 30.3 Å². The van der Waals surface area contributed by atoms with E-state index in [4.69, 9.17) is 4.74 Å². The van der Waals surface area contributed by atoms with Gasteiger partial charge in [0.15, 0.2) is 6.10 Å². The number of nitrogens with one attached hydrogen (secondary N) is 1. The minimum Gasteiger partial charge on any atom is -0.478 e. The summed E-state index contributed by atoms with van der Waals surface area (Å²) in [6.07, 6.45) is 0.385. The number of hydrogen-bond acceptors (Lipinski definition) is 4. The fourth-order valence-corrected chi connectivity index (χ4v) is 3.59. The van der Waals surface area contributed by atoms with Crippen molar-refractivity contribution in [1.29, 1.82) is 0 Å². The number of rotatable bonds is 3. The maximum absolute atomic E-state index is 13.2. The zero-order valence-corrected chi connectivity index (χ0v) is 14.3. The molecule has 25 heavy (non-hydrogen) atoms. The molecule has 6 nitrogen and oxygen atoms in total. The fourth-order valence-electron chi connectivity index (χ4n) is 2.65. The van der Waals surface area contributed by atoms with Gasteiger partial charge in [-0.05, 0) is 30.3 Å². The van der Waals surface area contributed by atoms with E-state index in [0.717, 1.165) is 6.26 Å². The van der Waals surface area contributed by atoms with Crippen molar-refractivity contribution in [3.8, 4) is 5.75 Å². The topological polar surface area (TPSA) is 75.7 Å². The van der Waals surface area contributed by atoms with E-state index < -0.39 is 27.9 Å². The van der Waals surface area contributed by atoms with Crippen molar-refractivity contribution in [2.45, 2.75) is 12.5 Å². The number of carbonyl (C=O) groups excluding carboxylic acids is 1. The first-order valence-corrected chi connectivity index (χ1v) is 9.49. The lowest BCUT2D eigenvalue weighted by atomic mass is 10.2. The van der Waals surface area contributed by atoms with Crippen LogP contribution < -0.4 is 14.4 Å². The molecule has 8 heteroatoms. The quantitative estimate of drug-likeness (QED) is 0.907. The normalized spacial score (nSPS) is 17.2. The predicted octanol–water partition coefficient (Wildman–Crippen LogP) is 2.38. The lowest BCUT2D eigenvalue weighted by Gasteiger charge is -2.20. The second kappa shape index (κ2) is 6.72. The van der Waals surface area contributed by atoms with Crippen LogP contribution in [0.2, 0.25) is 0 Å². The highest BCUT2D eigenvalue weighted by atomic mass is 32.2. The average Bonchev–Trinajstić information content (AvgIpc) is 2.74. The van der Waals surface area contributed by atoms with E-state index in [-0.39, 0.29) is 13.0 Å². The number of anilines is 2. The molecule has 1 aliphatic rings. The molecular formula is C17H17FN2O4S. The van der Waals surface area contributed by atoms with Gasteiger partial charge in [0.2, 0.25) is 10.0 Å². The Labute approximate surface area is 145 Å². The van der Waals surface area contributed by atoms with Crippen molar-refractivity contribution in [2.75, 3.05) is 22.4 Å². The third kappa shape index (κ3) is 3.90. The van der Waals surface area contributed by atoms with Crippen molar-refractivity contribution >= 4 is 27.3 Å². The van der Waals surface area contributed by atoms with Crippen LogP contribution >= 0.6 is 0 Å². The number of halogens is 1. The molecule has 2 aromatic rings. The Balaban J connectivity index is 1.85. The number of sulfonamides is 1. The Morgan fingerprint density at radius 1 is 1.24 bits per heavy atom. The smallest absolute Gasteiger partial charge is 0.265 e. The van der Waals surface area contributed by atoms with Crippen LogP contribution in [0.4, 0.5) is 15.8 Å². The number of amides is 1. The third-order valence-corrected chi connectivity index (χ3v) is 4.96. The molecule has 1 N–H and O–H groups in total. The van der Waals surface area contributed by atoms with Crippen molar-refractivity contribution in [1.82, 2.24) is 0 Å². The van der Waals surface area contributed by atoms with Crippen molar-refractivity contribution < 1.29 is 22.3 Å². The summed E-state index contributed by atoms with van der Waals surface area (Å²) < 4.78 is 44.3. The van der Waals surface area contributed by atoms with E-state index in [1.807, 2.05) is 0 Å². The molecule has 1 aliphatic heterocycles. The van der Waals surface area contributed by atoms with Crippen LogP contribution in [0.15, 0.2) is 48.5 Å². The minimum atomic E-state index is -3.50. The molecule has 0 saturated carbocycles. The van der Waals surface area contributed by atoms with Gasteiger partial charge in [0.25, 0.3) is 5.91 Å². The van der Waals surface area contributed by atoms with Gasteiger partial charge in [-0.2, -0.15) is 0 Å². The van der Waals surface area contributed by atoms with Gasteiger partial charge >= 0.3 is 0 Å². The van der Waals surface area contributed by atoms with E-state index in [0.29, 0.717) is 17.1 Å². The minimum absolute atomic E-state index is 0.108. The van der Waals surface area contributed by atoms with Gasteiger partial charge in [0, 0.05) is 18.7 Å². The van der Waals surface area contributed by atoms with Gasteiger partial charge in [-0.25, -0.2) is 12.8 Å². The summed E-state index contributed by atoms with van der Waals surface area (Å²) in [5.74, 6) is -0.617. The lowest BCUT2D eigenvalue weighted by molar-refractivity contribution is -0.122. The van der Waals surface area contributed by atoms with Crippen molar-refractivity contribution in [3.05, 3.63) is 54.3 Å². The zero-order chi connectivity index (χ0) is 18.0. The summed E-state index contributed by atoms with van der Waals surface area (Å²) >= 11 is 0. The van der Waals surface area contributed by atoms with Crippen molar-refractivity contribution in [2.24, 2.45) is 0 Å². The molecule has 2 aromatic carbocycles. The van der Waals surface area contributed by atoms with Crippen LogP contribution in [-0.2, 0) is 14.8 Å². The van der Waals surface area contributed by atoms with Crippen LogP contribution in [0.3, 0.4) is 0 Å². The highest BCUT2D eigenvalue weighted by molar-refractivity contribution is 7.92. The van der Waals surface area contributed by atoms with Crippen LogP contribution in [0.1, 0.15) is 6.42 Å². The molecule has 132 valence electrons. The molecule has 0 bridgehead atoms. The number of nitrogens with zero attached hydrogens (tertiary/aromatic N) is 1. The Morgan fingerprint density at radius 3 is 2.72 bits per heavy atom. The van der Waals surface area contributed by atoms with E-state index in [1.165, 1.54) is 22.5 Å². The molecule has 0 fully saturated rings. The number of ether oxygens (including phenoxy) is 1. The number of hydrogen-bond donors (Lipinski definition) is 1. The number of fused-ring (bicyclic) bond motifs is 1. The first-order chi connectivity index (χ1) is 11.8. The zero-order valence-electron chi connectivity index (χ0n) is 13.5. The maximum Gasteiger partial charge on any atom is 0.265 e. The SMILES string of the molecule is CS(=O)(=O)N1CC[C@H](C(=O)Nc2cccc(F)c2)Oc2ccccc21. The summed E-state index contributed by atoms with van der Waals surface area (Å²) in [7, 11) is -3.50. The molecule has 0 spiro atoms. The van der Waals surface area contributed by atoms with Gasteiger partial charge < -0.3 is 10.1 Å². The van der Waals surface area contributed by atoms with Gasteiger partial charge in [0.05, 0.1) is 11.9 Å². The molecule has 1 amide bonds. The van der Waals surface area contributed by atoms with Gasteiger partial charge in [-0.15, -0.1) is 0 Å². The Morgan fingerprint density at radius 2 is 2.00 bits per heavy atom. The second-order valence-electron chi connectivity index (χ2n) is 5.70. The van der Waals surface area contributed by atoms with Crippen LogP contribution in [0, 0.1) is 5.82 Å². The average molecular weight is 364 g/mol. The monoisotopic (exact) mass is 364 g/mol. The van der Waals surface area contributed by atoms with Crippen LogP contribution in [0.25, 0.3) is 0 Å². The summed E-state index contributed by atoms with van der Waals surface area (Å²) in [6, 6.07) is 12.2. The molecule has 0 unspecified atom stereocenters. The highest BCUT2D eigenvalue weighted by Crippen LogP contribution is 2.34. The molecule has 0 aliphatic carbocycles. The molecule has 0 radical (unpaired) electrons. The predicted molar refractivity (Wildman–Crippen MR) is 92.7 cm³/mol. The fraction of sp³-hybridized carbons (Fsp3) is 0.235. The molecule has 0 saturated heterocycles. The van der Waals surface area contributed by atoms with Crippen molar-refractivity contribution in [3.63, 3.8) is 0 Å². The Bertz CT molecular complexity index is 901. The van der Waals surface area contributed by atoms with Gasteiger partial charge in [-0.1, -0.05) is 18.2 Å². The van der Waals surface area contributed by atoms with E-state index in [9.17, 15) is 17.6 Å². The van der Waals surface area contributed by atoms with E-state index in [2.05, 4.69) is 5.32 Å². The third-order valence-electron chi connectivity index (χ3n) is 3.78. The summed E-state index contributed by atoms with van der Waals surface area (Å²) in [5.41, 5.74) is 0.706. The van der Waals surface area contributed by atoms with Gasteiger partial charge in [0.1, 0.15) is 11.6 Å². The molecule has 3 rings (SSSR count). The molecule has 1 atom stereocenters. The first-order valence-electron chi connectivity index (χ1n) is 7.64. The molecular weight excluding hydrogens is 347 g/mol. The Hall–Kier alpha value is -2.61. The standard InChI is InChI=1S/C17H17FN2O4S/c1-25(22,23)20-10-9-16(24-15-8-3-2-7-14(15)20)17(21)19-13-6-4-5-12(18)11-13/h2-8,11,16H,9-10H2,1H3,(H,19,21)/t16-/m1/s1. The lowest BCUT2D eigenvalue weighted by Crippen LogP contribution is -2.35.